The van der Waals surface area contributed by atoms with E-state index in [0.29, 0.717) is 0 Å². The van der Waals surface area contributed by atoms with Crippen LogP contribution in [0.15, 0.2) is 36.7 Å². The molecule has 1 atom stereocenters. The summed E-state index contributed by atoms with van der Waals surface area (Å²) in [5.74, 6) is -0.484. The van der Waals surface area contributed by atoms with Crippen LogP contribution in [0.2, 0.25) is 0 Å². The number of aromatic nitrogens is 2. The molecule has 0 aliphatic carbocycles. The first-order valence-electron chi connectivity index (χ1n) is 7.87. The van der Waals surface area contributed by atoms with Crippen molar-refractivity contribution in [1.29, 1.82) is 0 Å². The predicted molar refractivity (Wildman–Crippen MR) is 87.3 cm³/mol. The zero-order valence-electron chi connectivity index (χ0n) is 14.6. The van der Waals surface area contributed by atoms with Gasteiger partial charge in [0.2, 0.25) is 0 Å². The Hall–Kier alpha value is -2.22. The van der Waals surface area contributed by atoms with Gasteiger partial charge in [-0.05, 0) is 36.1 Å². The number of nitrogens with zero attached hydrogens (tertiary/aromatic N) is 2. The lowest BCUT2D eigenvalue weighted by molar-refractivity contribution is -0.266. The van der Waals surface area contributed by atoms with Crippen LogP contribution in [0, 0.1) is 5.82 Å². The Kier molecular flexibility index (Phi) is 5.55. The van der Waals surface area contributed by atoms with E-state index >= 15 is 0 Å². The molecule has 26 heavy (non-hydrogen) atoms. The van der Waals surface area contributed by atoms with E-state index in [1.54, 1.807) is 0 Å². The molecule has 0 bridgehead atoms. The van der Waals surface area contributed by atoms with Crippen LogP contribution in [0.1, 0.15) is 31.7 Å². The van der Waals surface area contributed by atoms with Crippen LogP contribution in [-0.4, -0.2) is 34.0 Å². The second-order valence-corrected chi connectivity index (χ2v) is 6.78. The molecular weight excluding hydrogens is 352 g/mol. The quantitative estimate of drug-likeness (QED) is 0.783. The Morgan fingerprint density at radius 3 is 2.27 bits per heavy atom. The van der Waals surface area contributed by atoms with Gasteiger partial charge in [0.05, 0.1) is 7.11 Å². The average Bonchev–Trinajstić information content (AvgIpc) is 2.54. The normalized spacial score (nSPS) is 14.8. The van der Waals surface area contributed by atoms with Crippen LogP contribution >= 0.6 is 0 Å². The largest absolute Gasteiger partial charge is 0.496 e. The summed E-state index contributed by atoms with van der Waals surface area (Å²) in [4.78, 5) is 7.54. The molecule has 2 aromatic rings. The van der Waals surface area contributed by atoms with Crippen molar-refractivity contribution in [3.63, 3.8) is 0 Å². The molecule has 0 amide bonds. The molecule has 4 nitrogen and oxygen atoms in total. The summed E-state index contributed by atoms with van der Waals surface area (Å²) in [7, 11) is 1.35. The van der Waals surface area contributed by atoms with E-state index in [4.69, 9.17) is 4.74 Å². The van der Waals surface area contributed by atoms with Crippen molar-refractivity contribution in [2.45, 2.75) is 43.9 Å². The zero-order valence-corrected chi connectivity index (χ0v) is 14.6. The number of hydrogen-bond donors (Lipinski definition) is 1. The molecule has 1 aromatic heterocycles. The van der Waals surface area contributed by atoms with Crippen molar-refractivity contribution < 1.29 is 27.4 Å². The summed E-state index contributed by atoms with van der Waals surface area (Å²) < 4.78 is 59.9. The lowest BCUT2D eigenvalue weighted by Gasteiger charge is -2.38. The monoisotopic (exact) mass is 372 g/mol. The number of benzene rings is 1. The van der Waals surface area contributed by atoms with E-state index in [1.165, 1.54) is 45.5 Å². The average molecular weight is 372 g/mol. The molecule has 0 aliphatic heterocycles. The highest BCUT2D eigenvalue weighted by atomic mass is 19.4. The van der Waals surface area contributed by atoms with Crippen LogP contribution in [0.5, 0.6) is 5.75 Å². The fourth-order valence-corrected chi connectivity index (χ4v) is 2.98. The highest BCUT2D eigenvalue weighted by Crippen LogP contribution is 2.44. The van der Waals surface area contributed by atoms with E-state index in [2.05, 4.69) is 9.97 Å². The number of ether oxygens (including phenoxy) is 1. The van der Waals surface area contributed by atoms with Crippen LogP contribution < -0.4 is 4.74 Å². The van der Waals surface area contributed by atoms with E-state index in [9.17, 15) is 22.7 Å². The third kappa shape index (κ3) is 4.30. The van der Waals surface area contributed by atoms with Crippen molar-refractivity contribution in [2.24, 2.45) is 0 Å². The summed E-state index contributed by atoms with van der Waals surface area (Å²) in [6, 6.07) is 5.10. The number of alkyl halides is 3. The molecule has 0 fully saturated rings. The second-order valence-electron chi connectivity index (χ2n) is 6.78. The number of hydrogen-bond acceptors (Lipinski definition) is 4. The van der Waals surface area contributed by atoms with Crippen molar-refractivity contribution in [2.75, 3.05) is 7.11 Å². The first-order valence-corrected chi connectivity index (χ1v) is 7.87. The first-order chi connectivity index (χ1) is 12.0. The maximum absolute atomic E-state index is 13.7. The molecule has 0 saturated carbocycles. The van der Waals surface area contributed by atoms with Crippen LogP contribution in [0.25, 0.3) is 0 Å². The Labute approximate surface area is 148 Å². The maximum Gasteiger partial charge on any atom is 0.417 e. The van der Waals surface area contributed by atoms with Crippen molar-refractivity contribution >= 4 is 0 Å². The standard InChI is InChI=1S/C18H20F4N2O2/c1-16(2,13-9-12(19)5-6-14(13)26-3)11-17(25,18(20,21)22)10-15-23-7-4-8-24-15/h4-9,25H,10-11H2,1-3H3. The fraction of sp³-hybridized carbons (Fsp3) is 0.444. The van der Waals surface area contributed by atoms with Gasteiger partial charge in [-0.25, -0.2) is 14.4 Å². The van der Waals surface area contributed by atoms with Gasteiger partial charge in [0.25, 0.3) is 0 Å². The Balaban J connectivity index is 2.43. The molecule has 0 saturated heterocycles. The van der Waals surface area contributed by atoms with Gasteiger partial charge in [-0.1, -0.05) is 13.8 Å². The third-order valence-electron chi connectivity index (χ3n) is 4.22. The van der Waals surface area contributed by atoms with E-state index in [1.807, 2.05) is 0 Å². The molecule has 1 N–H and O–H groups in total. The molecule has 142 valence electrons. The summed E-state index contributed by atoms with van der Waals surface area (Å²) in [5.41, 5.74) is -4.10. The molecule has 0 radical (unpaired) electrons. The van der Waals surface area contributed by atoms with E-state index < -0.39 is 35.9 Å². The van der Waals surface area contributed by atoms with Gasteiger partial charge in [-0.2, -0.15) is 13.2 Å². The summed E-state index contributed by atoms with van der Waals surface area (Å²) in [6.45, 7) is 2.99. The molecular formula is C18H20F4N2O2. The van der Waals surface area contributed by atoms with Gasteiger partial charge in [-0.15, -0.1) is 0 Å². The molecule has 0 spiro atoms. The van der Waals surface area contributed by atoms with Gasteiger partial charge >= 0.3 is 6.18 Å². The summed E-state index contributed by atoms with van der Waals surface area (Å²) in [6.07, 6.45) is -3.84. The molecule has 1 aromatic carbocycles. The van der Waals surface area contributed by atoms with Crippen LogP contribution in [-0.2, 0) is 11.8 Å². The number of methoxy groups -OCH3 is 1. The lowest BCUT2D eigenvalue weighted by Crippen LogP contribution is -2.51. The number of halogens is 4. The number of aliphatic hydroxyl groups is 1. The third-order valence-corrected chi connectivity index (χ3v) is 4.22. The summed E-state index contributed by atoms with van der Waals surface area (Å²) >= 11 is 0. The van der Waals surface area contributed by atoms with Crippen LogP contribution in [0.4, 0.5) is 17.6 Å². The van der Waals surface area contributed by atoms with Gasteiger partial charge in [0, 0.05) is 24.4 Å². The minimum absolute atomic E-state index is 0.130. The highest BCUT2D eigenvalue weighted by molar-refractivity contribution is 5.39. The minimum Gasteiger partial charge on any atom is -0.496 e. The molecule has 2 rings (SSSR count). The van der Waals surface area contributed by atoms with Crippen molar-refractivity contribution in [3.05, 3.63) is 53.9 Å². The number of rotatable bonds is 6. The molecule has 1 unspecified atom stereocenters. The van der Waals surface area contributed by atoms with Gasteiger partial charge < -0.3 is 9.84 Å². The lowest BCUT2D eigenvalue weighted by atomic mass is 9.73. The van der Waals surface area contributed by atoms with Crippen LogP contribution in [0.3, 0.4) is 0 Å². The predicted octanol–water partition coefficient (Wildman–Crippen LogP) is 3.83. The minimum atomic E-state index is -4.93. The van der Waals surface area contributed by atoms with Gasteiger partial charge in [0.1, 0.15) is 17.4 Å². The first kappa shape index (κ1) is 20.1. The highest BCUT2D eigenvalue weighted by Gasteiger charge is 2.56. The summed E-state index contributed by atoms with van der Waals surface area (Å²) in [5, 5.41) is 10.5. The Morgan fingerprint density at radius 1 is 1.12 bits per heavy atom. The van der Waals surface area contributed by atoms with E-state index in [0.717, 1.165) is 12.1 Å². The van der Waals surface area contributed by atoms with E-state index in [-0.39, 0.29) is 17.1 Å². The van der Waals surface area contributed by atoms with Crippen molar-refractivity contribution in [3.8, 4) is 5.75 Å². The topological polar surface area (TPSA) is 55.2 Å². The molecule has 0 aliphatic rings. The zero-order chi connectivity index (χ0) is 19.6. The smallest absolute Gasteiger partial charge is 0.417 e. The van der Waals surface area contributed by atoms with Gasteiger partial charge in [0.15, 0.2) is 5.60 Å². The molecule has 1 heterocycles. The van der Waals surface area contributed by atoms with Gasteiger partial charge in [-0.3, -0.25) is 0 Å². The Bertz CT molecular complexity index is 751. The maximum atomic E-state index is 13.7. The molecule has 8 heteroatoms. The second kappa shape index (κ2) is 7.19. The van der Waals surface area contributed by atoms with Crippen molar-refractivity contribution in [1.82, 2.24) is 9.97 Å². The SMILES string of the molecule is COc1ccc(F)cc1C(C)(C)CC(O)(Cc1ncccn1)C(F)(F)F. The Morgan fingerprint density at radius 2 is 1.73 bits per heavy atom. The fourth-order valence-electron chi connectivity index (χ4n) is 2.98.